The van der Waals surface area contributed by atoms with E-state index in [4.69, 9.17) is 11.6 Å². The van der Waals surface area contributed by atoms with Crippen LogP contribution >= 0.6 is 11.6 Å². The first-order valence-corrected chi connectivity index (χ1v) is 8.88. The van der Waals surface area contributed by atoms with Crippen LogP contribution in [0.2, 0.25) is 5.02 Å². The number of amides is 1. The van der Waals surface area contributed by atoms with Gasteiger partial charge >= 0.3 is 0 Å². The summed E-state index contributed by atoms with van der Waals surface area (Å²) in [7, 11) is -3.71. The average molecular weight is 331 g/mol. The van der Waals surface area contributed by atoms with Crippen LogP contribution in [-0.2, 0) is 14.8 Å². The summed E-state index contributed by atoms with van der Waals surface area (Å²) in [6.45, 7) is 1.20. The molecule has 1 aromatic rings. The molecule has 1 aromatic carbocycles. The van der Waals surface area contributed by atoms with Gasteiger partial charge < -0.3 is 4.90 Å². The van der Waals surface area contributed by atoms with Gasteiger partial charge in [-0.3, -0.25) is 4.79 Å². The van der Waals surface area contributed by atoms with Crippen LogP contribution in [0.5, 0.6) is 0 Å². The number of benzene rings is 1. The van der Waals surface area contributed by atoms with Crippen molar-refractivity contribution in [2.45, 2.75) is 30.6 Å². The molecule has 1 aliphatic rings. The Morgan fingerprint density at radius 1 is 1.19 bits per heavy atom. The number of likely N-dealkylation sites (tertiary alicyclic amines) is 1. The Kier molecular flexibility index (Phi) is 5.61. The van der Waals surface area contributed by atoms with Crippen LogP contribution < -0.4 is 4.72 Å². The van der Waals surface area contributed by atoms with Crippen LogP contribution in [0.15, 0.2) is 29.2 Å². The summed E-state index contributed by atoms with van der Waals surface area (Å²) in [5, 5.41) is 0.344. The van der Waals surface area contributed by atoms with E-state index in [0.29, 0.717) is 18.1 Å². The first-order valence-electron chi connectivity index (χ1n) is 7.02. The third kappa shape index (κ3) is 4.69. The molecule has 0 saturated carbocycles. The van der Waals surface area contributed by atoms with Crippen LogP contribution in [-0.4, -0.2) is 38.9 Å². The van der Waals surface area contributed by atoms with Crippen LogP contribution in [0.4, 0.5) is 0 Å². The van der Waals surface area contributed by atoms with E-state index in [0.717, 1.165) is 25.7 Å². The van der Waals surface area contributed by atoms with E-state index in [1.807, 2.05) is 0 Å². The maximum atomic E-state index is 12.1. The molecular weight excluding hydrogens is 312 g/mol. The monoisotopic (exact) mass is 330 g/mol. The lowest BCUT2D eigenvalue weighted by atomic mass is 10.2. The maximum Gasteiger partial charge on any atom is 0.241 e. The molecule has 1 aliphatic heterocycles. The number of carbonyl (C=O) groups is 1. The van der Waals surface area contributed by atoms with Crippen LogP contribution in [0.1, 0.15) is 25.7 Å². The second-order valence-electron chi connectivity index (χ2n) is 5.08. The van der Waals surface area contributed by atoms with E-state index < -0.39 is 10.0 Å². The Morgan fingerprint density at radius 3 is 2.48 bits per heavy atom. The van der Waals surface area contributed by atoms with Crippen molar-refractivity contribution in [1.82, 2.24) is 9.62 Å². The number of sulfonamides is 1. The fraction of sp³-hybridized carbons (Fsp3) is 0.500. The molecule has 7 heteroatoms. The molecule has 0 aromatic heterocycles. The smallest absolute Gasteiger partial charge is 0.241 e. The van der Waals surface area contributed by atoms with Gasteiger partial charge in [0.2, 0.25) is 15.9 Å². The summed E-state index contributed by atoms with van der Waals surface area (Å²) in [6, 6.07) is 5.97. The number of nitrogens with zero attached hydrogens (tertiary/aromatic N) is 1. The van der Waals surface area contributed by atoms with Crippen molar-refractivity contribution in [3.05, 3.63) is 29.3 Å². The van der Waals surface area contributed by atoms with Gasteiger partial charge in [-0.15, -0.1) is 0 Å². The van der Waals surface area contributed by atoms with Crippen molar-refractivity contribution in [1.29, 1.82) is 0 Å². The second-order valence-corrected chi connectivity index (χ2v) is 7.28. The predicted octanol–water partition coefficient (Wildman–Crippen LogP) is 2.02. The van der Waals surface area contributed by atoms with Crippen LogP contribution in [0.3, 0.4) is 0 Å². The largest absolute Gasteiger partial charge is 0.342 e. The highest BCUT2D eigenvalue weighted by molar-refractivity contribution is 7.89. The van der Waals surface area contributed by atoms with Crippen molar-refractivity contribution < 1.29 is 13.2 Å². The third-order valence-corrected chi connectivity index (χ3v) is 5.11. The van der Waals surface area contributed by atoms with Gasteiger partial charge in [0.25, 0.3) is 0 Å². The molecule has 1 fully saturated rings. The van der Waals surface area contributed by atoms with Gasteiger partial charge in [-0.25, -0.2) is 13.1 Å². The summed E-state index contributed by atoms with van der Waals surface area (Å²) in [5.74, 6) is -0.178. The quantitative estimate of drug-likeness (QED) is 0.918. The molecule has 21 heavy (non-hydrogen) atoms. The minimum atomic E-state index is -3.71. The highest BCUT2D eigenvalue weighted by Crippen LogP contribution is 2.15. The average Bonchev–Trinajstić information content (AvgIpc) is 2.74. The highest BCUT2D eigenvalue weighted by Gasteiger charge is 2.19. The van der Waals surface area contributed by atoms with E-state index in [1.165, 1.54) is 12.1 Å². The number of nitrogens with one attached hydrogen (secondary N) is 1. The molecule has 0 aliphatic carbocycles. The summed E-state index contributed by atoms with van der Waals surface area (Å²) >= 11 is 5.79. The Balaban J connectivity index is 1.96. The first kappa shape index (κ1) is 16.3. The summed E-state index contributed by atoms with van der Waals surface area (Å²) in [6.07, 6.45) is 4.20. The summed E-state index contributed by atoms with van der Waals surface area (Å²) < 4.78 is 26.5. The van der Waals surface area contributed by atoms with Gasteiger partial charge in [-0.1, -0.05) is 30.5 Å². The SMILES string of the molecule is O=C(CNS(=O)(=O)c1cccc(Cl)c1)N1CCCCCC1. The lowest BCUT2D eigenvalue weighted by Crippen LogP contribution is -2.40. The van der Waals surface area contributed by atoms with Gasteiger partial charge in [0.1, 0.15) is 0 Å². The van der Waals surface area contributed by atoms with Crippen LogP contribution in [0, 0.1) is 0 Å². The zero-order valence-corrected chi connectivity index (χ0v) is 13.3. The fourth-order valence-electron chi connectivity index (χ4n) is 2.31. The summed E-state index contributed by atoms with van der Waals surface area (Å²) in [4.78, 5) is 13.9. The minimum Gasteiger partial charge on any atom is -0.342 e. The van der Waals surface area contributed by atoms with E-state index in [2.05, 4.69) is 4.72 Å². The lowest BCUT2D eigenvalue weighted by Gasteiger charge is -2.20. The zero-order chi connectivity index (χ0) is 15.3. The molecule has 0 radical (unpaired) electrons. The Labute approximate surface area is 130 Å². The zero-order valence-electron chi connectivity index (χ0n) is 11.7. The van der Waals surface area contributed by atoms with Gasteiger partial charge in [-0.2, -0.15) is 0 Å². The summed E-state index contributed by atoms with van der Waals surface area (Å²) in [5.41, 5.74) is 0. The standard InChI is InChI=1S/C14H19ClN2O3S/c15-12-6-5-7-13(10-12)21(19,20)16-11-14(18)17-8-3-1-2-4-9-17/h5-7,10,16H,1-4,8-9,11H2. The van der Waals surface area contributed by atoms with Crippen molar-refractivity contribution in [3.8, 4) is 0 Å². The fourth-order valence-corrected chi connectivity index (χ4v) is 3.58. The normalized spacial score (nSPS) is 16.5. The molecule has 0 unspecified atom stereocenters. The molecule has 1 saturated heterocycles. The van der Waals surface area contributed by atoms with Crippen molar-refractivity contribution in [3.63, 3.8) is 0 Å². The van der Waals surface area contributed by atoms with E-state index in [1.54, 1.807) is 17.0 Å². The topological polar surface area (TPSA) is 66.5 Å². The number of hydrogen-bond acceptors (Lipinski definition) is 3. The molecule has 2 rings (SSSR count). The number of halogens is 1. The number of hydrogen-bond donors (Lipinski definition) is 1. The lowest BCUT2D eigenvalue weighted by molar-refractivity contribution is -0.129. The Bertz CT molecular complexity index is 596. The van der Waals surface area contributed by atoms with Crippen molar-refractivity contribution in [2.75, 3.05) is 19.6 Å². The van der Waals surface area contributed by atoms with Crippen LogP contribution in [0.25, 0.3) is 0 Å². The highest BCUT2D eigenvalue weighted by atomic mass is 35.5. The van der Waals surface area contributed by atoms with Gasteiger partial charge in [0.05, 0.1) is 11.4 Å². The molecule has 1 N–H and O–H groups in total. The molecule has 1 amide bonds. The minimum absolute atomic E-state index is 0.0682. The number of carbonyl (C=O) groups excluding carboxylic acids is 1. The molecule has 0 spiro atoms. The second kappa shape index (κ2) is 7.24. The van der Waals surface area contributed by atoms with Gasteiger partial charge in [0.15, 0.2) is 0 Å². The Hall–Kier alpha value is -1.11. The molecule has 5 nitrogen and oxygen atoms in total. The van der Waals surface area contributed by atoms with E-state index >= 15 is 0 Å². The number of rotatable bonds is 4. The van der Waals surface area contributed by atoms with E-state index in [-0.39, 0.29) is 17.3 Å². The molecule has 1 heterocycles. The Morgan fingerprint density at radius 2 is 1.86 bits per heavy atom. The molecule has 116 valence electrons. The molecule has 0 bridgehead atoms. The first-order chi connectivity index (χ1) is 9.99. The van der Waals surface area contributed by atoms with E-state index in [9.17, 15) is 13.2 Å². The molecular formula is C14H19ClN2O3S. The third-order valence-electron chi connectivity index (χ3n) is 3.48. The van der Waals surface area contributed by atoms with Crippen molar-refractivity contribution in [2.24, 2.45) is 0 Å². The predicted molar refractivity (Wildman–Crippen MR) is 81.7 cm³/mol. The van der Waals surface area contributed by atoms with Gasteiger partial charge in [-0.05, 0) is 31.0 Å². The molecule has 0 atom stereocenters. The maximum absolute atomic E-state index is 12.1. The van der Waals surface area contributed by atoms with Crippen molar-refractivity contribution >= 4 is 27.5 Å². The van der Waals surface area contributed by atoms with Gasteiger partial charge in [0, 0.05) is 18.1 Å².